The van der Waals surface area contributed by atoms with E-state index in [0.717, 1.165) is 11.0 Å². The molecule has 2 amide bonds. The first-order chi connectivity index (χ1) is 15.3. The van der Waals surface area contributed by atoms with Crippen molar-refractivity contribution in [1.82, 2.24) is 18.9 Å². The molecule has 8 nitrogen and oxygen atoms in total. The van der Waals surface area contributed by atoms with Gasteiger partial charge in [-0.1, -0.05) is 25.1 Å². The lowest BCUT2D eigenvalue weighted by molar-refractivity contribution is -0.129. The van der Waals surface area contributed by atoms with E-state index in [9.17, 15) is 19.2 Å². The highest BCUT2D eigenvalue weighted by atomic mass is 16.2. The molecule has 2 aromatic rings. The summed E-state index contributed by atoms with van der Waals surface area (Å²) in [4.78, 5) is 53.5. The molecule has 0 spiro atoms. The fourth-order valence-corrected chi connectivity index (χ4v) is 4.06. The van der Waals surface area contributed by atoms with Crippen molar-refractivity contribution in [2.75, 3.05) is 19.6 Å². The molecule has 2 heterocycles. The first-order valence-corrected chi connectivity index (χ1v) is 10.9. The maximum atomic E-state index is 13.0. The molecule has 1 aliphatic rings. The van der Waals surface area contributed by atoms with Gasteiger partial charge in [0.15, 0.2) is 0 Å². The average molecular weight is 439 g/mol. The number of nitrogens with zero attached hydrogens (tertiary/aromatic N) is 4. The van der Waals surface area contributed by atoms with Crippen molar-refractivity contribution in [1.29, 1.82) is 0 Å². The van der Waals surface area contributed by atoms with Gasteiger partial charge in [0.2, 0.25) is 5.91 Å². The highest BCUT2D eigenvalue weighted by Crippen LogP contribution is 2.19. The summed E-state index contributed by atoms with van der Waals surface area (Å²) in [6.07, 6.45) is 6.54. The predicted octanol–water partition coefficient (Wildman–Crippen LogP) is 1.64. The maximum absolute atomic E-state index is 13.0. The normalized spacial score (nSPS) is 14.7. The first-order valence-electron chi connectivity index (χ1n) is 10.9. The minimum absolute atomic E-state index is 0.0165. The van der Waals surface area contributed by atoms with Crippen molar-refractivity contribution >= 4 is 17.9 Å². The molecule has 0 atom stereocenters. The Balaban J connectivity index is 1.69. The van der Waals surface area contributed by atoms with Crippen LogP contribution >= 0.6 is 0 Å². The summed E-state index contributed by atoms with van der Waals surface area (Å²) in [5.74, 6) is -0.154. The second-order valence-corrected chi connectivity index (χ2v) is 8.10. The Morgan fingerprint density at radius 3 is 2.38 bits per heavy atom. The molecule has 3 rings (SSSR count). The van der Waals surface area contributed by atoms with Gasteiger partial charge in [0.25, 0.3) is 11.5 Å². The number of hydrogen-bond acceptors (Lipinski definition) is 4. The van der Waals surface area contributed by atoms with E-state index in [1.165, 1.54) is 30.0 Å². The van der Waals surface area contributed by atoms with Crippen molar-refractivity contribution in [3.05, 3.63) is 74.6 Å². The molecule has 0 saturated carbocycles. The second kappa shape index (κ2) is 10.3. The van der Waals surface area contributed by atoms with Crippen LogP contribution in [0.3, 0.4) is 0 Å². The monoisotopic (exact) mass is 438 g/mol. The summed E-state index contributed by atoms with van der Waals surface area (Å²) in [5, 5.41) is 0. The van der Waals surface area contributed by atoms with Gasteiger partial charge >= 0.3 is 5.69 Å². The fourth-order valence-electron chi connectivity index (χ4n) is 4.06. The third kappa shape index (κ3) is 5.07. The zero-order chi connectivity index (χ0) is 23.3. The van der Waals surface area contributed by atoms with Crippen LogP contribution in [-0.2, 0) is 18.9 Å². The van der Waals surface area contributed by atoms with Crippen LogP contribution in [0, 0.1) is 0 Å². The molecule has 32 heavy (non-hydrogen) atoms. The average Bonchev–Trinajstić information content (AvgIpc) is 2.82. The summed E-state index contributed by atoms with van der Waals surface area (Å²) in [6.45, 7) is 3.81. The summed E-state index contributed by atoms with van der Waals surface area (Å²) in [7, 11) is 2.98. The lowest BCUT2D eigenvalue weighted by Gasteiger charge is -2.38. The molecule has 1 saturated heterocycles. The van der Waals surface area contributed by atoms with Crippen LogP contribution in [0.15, 0.2) is 52.2 Å². The van der Waals surface area contributed by atoms with Crippen LogP contribution < -0.4 is 11.2 Å². The van der Waals surface area contributed by atoms with Gasteiger partial charge in [0.1, 0.15) is 0 Å². The van der Waals surface area contributed by atoms with Crippen LogP contribution in [0.4, 0.5) is 0 Å². The molecule has 0 bridgehead atoms. The molecule has 1 fully saturated rings. The van der Waals surface area contributed by atoms with E-state index >= 15 is 0 Å². The quantitative estimate of drug-likeness (QED) is 0.642. The molecule has 1 aromatic heterocycles. The van der Waals surface area contributed by atoms with E-state index in [4.69, 9.17) is 0 Å². The molecule has 170 valence electrons. The number of amides is 2. The Labute approximate surface area is 187 Å². The van der Waals surface area contributed by atoms with Crippen molar-refractivity contribution in [2.45, 2.75) is 32.2 Å². The van der Waals surface area contributed by atoms with Crippen molar-refractivity contribution in [3.63, 3.8) is 0 Å². The Bertz CT molecular complexity index is 1110. The van der Waals surface area contributed by atoms with E-state index < -0.39 is 11.2 Å². The predicted molar refractivity (Wildman–Crippen MR) is 123 cm³/mol. The van der Waals surface area contributed by atoms with E-state index in [0.29, 0.717) is 38.0 Å². The molecular formula is C24H30N4O4. The second-order valence-electron chi connectivity index (χ2n) is 8.10. The number of aryl methyl sites for hydroxylation is 1. The molecule has 8 heteroatoms. The van der Waals surface area contributed by atoms with Crippen LogP contribution in [-0.4, -0.2) is 56.4 Å². The first kappa shape index (κ1) is 23.2. The van der Waals surface area contributed by atoms with E-state index in [-0.39, 0.29) is 23.4 Å². The Hall–Kier alpha value is -3.42. The number of carbonyl (C=O) groups excluding carboxylic acids is 2. The van der Waals surface area contributed by atoms with Crippen molar-refractivity contribution in [2.24, 2.45) is 14.1 Å². The van der Waals surface area contributed by atoms with E-state index in [1.54, 1.807) is 7.05 Å². The number of piperidine rings is 1. The van der Waals surface area contributed by atoms with Gasteiger partial charge in [-0.2, -0.15) is 0 Å². The van der Waals surface area contributed by atoms with Crippen molar-refractivity contribution < 1.29 is 9.59 Å². The van der Waals surface area contributed by atoms with Crippen LogP contribution in [0.25, 0.3) is 6.08 Å². The summed E-state index contributed by atoms with van der Waals surface area (Å²) in [6, 6.07) is 9.26. The fraction of sp³-hybridized carbons (Fsp3) is 0.417. The molecule has 1 aliphatic heterocycles. The SMILES string of the molecule is CCCN(C(=O)/C=C/c1cn(C)c(=O)n(C)c1=O)C1CCN(C(=O)c2ccccc2)CC1. The lowest BCUT2D eigenvalue weighted by atomic mass is 10.0. The van der Waals surface area contributed by atoms with Crippen molar-refractivity contribution in [3.8, 4) is 0 Å². The minimum Gasteiger partial charge on any atom is -0.338 e. The number of benzene rings is 1. The summed E-state index contributed by atoms with van der Waals surface area (Å²) >= 11 is 0. The van der Waals surface area contributed by atoms with Gasteiger partial charge in [0, 0.05) is 57.6 Å². The van der Waals surface area contributed by atoms with Gasteiger partial charge in [0.05, 0.1) is 5.56 Å². The smallest absolute Gasteiger partial charge is 0.330 e. The van der Waals surface area contributed by atoms with E-state index in [2.05, 4.69) is 0 Å². The number of likely N-dealkylation sites (tertiary alicyclic amines) is 1. The van der Waals surface area contributed by atoms with Gasteiger partial charge in [-0.05, 0) is 37.5 Å². The molecular weight excluding hydrogens is 408 g/mol. The van der Waals surface area contributed by atoms with Crippen LogP contribution in [0.1, 0.15) is 42.1 Å². The van der Waals surface area contributed by atoms with E-state index in [1.807, 2.05) is 47.1 Å². The molecule has 0 unspecified atom stereocenters. The summed E-state index contributed by atoms with van der Waals surface area (Å²) in [5.41, 5.74) is 0.103. The zero-order valence-electron chi connectivity index (χ0n) is 18.9. The number of aromatic nitrogens is 2. The largest absolute Gasteiger partial charge is 0.338 e. The Morgan fingerprint density at radius 2 is 1.75 bits per heavy atom. The van der Waals surface area contributed by atoms with Gasteiger partial charge in [-0.15, -0.1) is 0 Å². The standard InChI is InChI=1S/C24H30N4O4/c1-4-14-28(21(29)11-10-19-17-25(2)24(32)26(3)22(19)30)20-12-15-27(16-13-20)23(31)18-8-6-5-7-9-18/h5-11,17,20H,4,12-16H2,1-3H3/b11-10+. The lowest BCUT2D eigenvalue weighted by Crippen LogP contribution is -2.48. The highest BCUT2D eigenvalue weighted by Gasteiger charge is 2.28. The van der Waals surface area contributed by atoms with Crippen LogP contribution in [0.5, 0.6) is 0 Å². The molecule has 0 radical (unpaired) electrons. The third-order valence-electron chi connectivity index (χ3n) is 5.84. The zero-order valence-corrected chi connectivity index (χ0v) is 18.9. The van der Waals surface area contributed by atoms with Crippen LogP contribution in [0.2, 0.25) is 0 Å². The summed E-state index contributed by atoms with van der Waals surface area (Å²) < 4.78 is 2.34. The molecule has 0 N–H and O–H groups in total. The Kier molecular flexibility index (Phi) is 7.45. The third-order valence-corrected chi connectivity index (χ3v) is 5.84. The van der Waals surface area contributed by atoms with Gasteiger partial charge in [-0.25, -0.2) is 4.79 Å². The highest BCUT2D eigenvalue weighted by molar-refractivity contribution is 5.94. The molecule has 1 aromatic carbocycles. The minimum atomic E-state index is -0.438. The Morgan fingerprint density at radius 1 is 1.09 bits per heavy atom. The number of carbonyl (C=O) groups is 2. The number of rotatable bonds is 6. The maximum Gasteiger partial charge on any atom is 0.330 e. The van der Waals surface area contributed by atoms with Gasteiger partial charge < -0.3 is 14.4 Å². The van der Waals surface area contributed by atoms with Gasteiger partial charge in [-0.3, -0.25) is 19.0 Å². The number of hydrogen-bond donors (Lipinski definition) is 0. The molecule has 0 aliphatic carbocycles. The topological polar surface area (TPSA) is 84.6 Å².